The topological polar surface area (TPSA) is 38.9 Å². The number of thiophene rings is 1. The van der Waals surface area contributed by atoms with Gasteiger partial charge in [0.25, 0.3) is 0 Å². The Bertz CT molecular complexity index is 1100. The fourth-order valence-corrected chi connectivity index (χ4v) is 5.33. The molecule has 0 radical (unpaired) electrons. The van der Waals surface area contributed by atoms with Crippen LogP contribution in [0.15, 0.2) is 41.8 Å². The first-order valence-corrected chi connectivity index (χ1v) is 11.1. The normalized spacial score (nSPS) is 14.4. The molecule has 0 bridgehead atoms. The zero-order valence-electron chi connectivity index (χ0n) is 14.9. The molecule has 3 aromatic heterocycles. The molecule has 5 rings (SSSR count). The first-order valence-electron chi connectivity index (χ1n) is 8.95. The van der Waals surface area contributed by atoms with E-state index >= 15 is 0 Å². The van der Waals surface area contributed by atoms with E-state index in [2.05, 4.69) is 52.2 Å². The van der Waals surface area contributed by atoms with Crippen molar-refractivity contribution in [1.82, 2.24) is 24.2 Å². The van der Waals surface area contributed by atoms with Crippen molar-refractivity contribution in [2.75, 3.05) is 7.05 Å². The zero-order valence-corrected chi connectivity index (χ0v) is 17.4. The van der Waals surface area contributed by atoms with Crippen molar-refractivity contribution in [3.8, 4) is 10.7 Å². The van der Waals surface area contributed by atoms with Crippen molar-refractivity contribution in [2.45, 2.75) is 32.1 Å². The summed E-state index contributed by atoms with van der Waals surface area (Å²) in [6.45, 7) is 1.44. The van der Waals surface area contributed by atoms with Crippen LogP contribution in [0.3, 0.4) is 0 Å². The largest absolute Gasteiger partial charge is 0.296 e. The molecule has 1 aliphatic rings. The van der Waals surface area contributed by atoms with Gasteiger partial charge in [0.2, 0.25) is 0 Å². The maximum Gasteiger partial charge on any atom is 0.199 e. The number of para-hydroxylation sites is 1. The summed E-state index contributed by atoms with van der Waals surface area (Å²) in [6.07, 6.45) is 2.39. The number of hydrogen-bond acceptors (Lipinski definition) is 6. The number of rotatable bonds is 6. The Hall–Kier alpha value is -1.87. The molecule has 8 heteroatoms. The van der Waals surface area contributed by atoms with E-state index in [9.17, 15) is 0 Å². The Morgan fingerprint density at radius 1 is 1.22 bits per heavy atom. The van der Waals surface area contributed by atoms with Crippen molar-refractivity contribution < 1.29 is 0 Å². The van der Waals surface area contributed by atoms with E-state index in [1.807, 2.05) is 10.7 Å². The van der Waals surface area contributed by atoms with Gasteiger partial charge in [0.15, 0.2) is 10.6 Å². The molecule has 1 aliphatic carbocycles. The Kier molecular flexibility index (Phi) is 4.43. The molecule has 3 heterocycles. The predicted octanol–water partition coefficient (Wildman–Crippen LogP) is 5.18. The van der Waals surface area contributed by atoms with Gasteiger partial charge in [-0.15, -0.1) is 27.8 Å². The van der Waals surface area contributed by atoms with Gasteiger partial charge in [-0.25, -0.2) is 9.67 Å². The molecule has 5 nitrogen and oxygen atoms in total. The van der Waals surface area contributed by atoms with Gasteiger partial charge >= 0.3 is 0 Å². The zero-order chi connectivity index (χ0) is 18.4. The molecule has 0 N–H and O–H groups in total. The highest BCUT2D eigenvalue weighted by molar-refractivity contribution is 7.71. The minimum atomic E-state index is 0.512. The van der Waals surface area contributed by atoms with Crippen LogP contribution >= 0.6 is 34.9 Å². The Balaban J connectivity index is 1.40. The third-order valence-corrected chi connectivity index (χ3v) is 6.94. The molecular weight excluding hydrogens is 394 g/mol. The standard InChI is InChI=1S/C19H19N5S3/c1-22(11-17-20-14-5-2-3-6-15(14)27-17)12-23-19(25)24(13-8-9-13)18(21-23)16-7-4-10-26-16/h2-7,10,13H,8-9,11-12H2,1H3. The van der Waals surface area contributed by atoms with Crippen molar-refractivity contribution in [1.29, 1.82) is 0 Å². The lowest BCUT2D eigenvalue weighted by Crippen LogP contribution is -2.22. The van der Waals surface area contributed by atoms with Crippen molar-refractivity contribution in [2.24, 2.45) is 0 Å². The summed E-state index contributed by atoms with van der Waals surface area (Å²) in [7, 11) is 2.09. The molecule has 138 valence electrons. The average molecular weight is 414 g/mol. The van der Waals surface area contributed by atoms with Gasteiger partial charge in [-0.1, -0.05) is 18.2 Å². The predicted molar refractivity (Wildman–Crippen MR) is 114 cm³/mol. The minimum Gasteiger partial charge on any atom is -0.296 e. The number of hydrogen-bond donors (Lipinski definition) is 0. The summed E-state index contributed by atoms with van der Waals surface area (Å²) in [5.41, 5.74) is 1.07. The minimum absolute atomic E-state index is 0.512. The van der Waals surface area contributed by atoms with Gasteiger partial charge in [0.1, 0.15) is 5.01 Å². The third-order valence-electron chi connectivity index (χ3n) is 4.64. The smallest absolute Gasteiger partial charge is 0.199 e. The van der Waals surface area contributed by atoms with Crippen LogP contribution in [-0.4, -0.2) is 31.3 Å². The molecule has 1 saturated carbocycles. The van der Waals surface area contributed by atoms with Gasteiger partial charge in [-0.05, 0) is 55.7 Å². The van der Waals surface area contributed by atoms with Crippen LogP contribution < -0.4 is 0 Å². The van der Waals surface area contributed by atoms with Crippen LogP contribution in [0.25, 0.3) is 20.9 Å². The van der Waals surface area contributed by atoms with E-state index in [-0.39, 0.29) is 0 Å². The molecule has 0 atom stereocenters. The summed E-state index contributed by atoms with van der Waals surface area (Å²) in [4.78, 5) is 8.14. The average Bonchev–Trinajstić information content (AvgIpc) is 3.06. The maximum atomic E-state index is 5.77. The number of benzene rings is 1. The lowest BCUT2D eigenvalue weighted by atomic mass is 10.3. The first-order chi connectivity index (χ1) is 13.2. The SMILES string of the molecule is CN(Cc1nc2ccccc2s1)Cn1nc(-c2cccs2)n(C2CC2)c1=S. The number of thiazole rings is 1. The lowest BCUT2D eigenvalue weighted by Gasteiger charge is -2.14. The highest BCUT2D eigenvalue weighted by atomic mass is 32.1. The maximum absolute atomic E-state index is 5.77. The van der Waals surface area contributed by atoms with Crippen LogP contribution in [0.2, 0.25) is 0 Å². The summed E-state index contributed by atoms with van der Waals surface area (Å²) in [5.74, 6) is 1.01. The Labute approximate surface area is 170 Å². The van der Waals surface area contributed by atoms with E-state index < -0.39 is 0 Å². The Morgan fingerprint density at radius 3 is 2.81 bits per heavy atom. The number of nitrogens with zero attached hydrogens (tertiary/aromatic N) is 5. The summed E-state index contributed by atoms with van der Waals surface area (Å²) < 4.78 is 6.25. The van der Waals surface area contributed by atoms with E-state index in [4.69, 9.17) is 22.3 Å². The van der Waals surface area contributed by atoms with E-state index in [0.29, 0.717) is 12.7 Å². The molecule has 0 saturated heterocycles. The Morgan fingerprint density at radius 2 is 2.07 bits per heavy atom. The quantitative estimate of drug-likeness (QED) is 0.409. The van der Waals surface area contributed by atoms with Crippen LogP contribution in [0.1, 0.15) is 23.9 Å². The molecule has 1 fully saturated rings. The molecule has 0 amide bonds. The second-order valence-corrected chi connectivity index (χ2v) is 9.34. The summed E-state index contributed by atoms with van der Waals surface area (Å²) >= 11 is 9.23. The van der Waals surface area contributed by atoms with E-state index in [1.54, 1.807) is 22.7 Å². The molecule has 0 spiro atoms. The van der Waals surface area contributed by atoms with E-state index in [1.165, 1.54) is 22.4 Å². The van der Waals surface area contributed by atoms with Crippen molar-refractivity contribution in [3.63, 3.8) is 0 Å². The monoisotopic (exact) mass is 413 g/mol. The second kappa shape index (κ2) is 6.94. The van der Waals surface area contributed by atoms with Crippen molar-refractivity contribution in [3.05, 3.63) is 51.6 Å². The van der Waals surface area contributed by atoms with Gasteiger partial charge in [-0.3, -0.25) is 9.47 Å². The van der Waals surface area contributed by atoms with Gasteiger partial charge in [-0.2, -0.15) is 0 Å². The van der Waals surface area contributed by atoms with Gasteiger partial charge in [0.05, 0.1) is 28.3 Å². The summed E-state index contributed by atoms with van der Waals surface area (Å²) in [6, 6.07) is 13.0. The number of fused-ring (bicyclic) bond motifs is 1. The fraction of sp³-hybridized carbons (Fsp3) is 0.316. The third kappa shape index (κ3) is 3.38. The van der Waals surface area contributed by atoms with Crippen molar-refractivity contribution >= 4 is 45.1 Å². The van der Waals surface area contributed by atoms with Crippen LogP contribution in [0.5, 0.6) is 0 Å². The molecule has 0 unspecified atom stereocenters. The molecular formula is C19H19N5S3. The van der Waals surface area contributed by atoms with Crippen LogP contribution in [0.4, 0.5) is 0 Å². The molecule has 1 aromatic carbocycles. The van der Waals surface area contributed by atoms with Gasteiger partial charge < -0.3 is 0 Å². The molecule has 4 aromatic rings. The molecule has 0 aliphatic heterocycles. The van der Waals surface area contributed by atoms with Crippen LogP contribution in [-0.2, 0) is 13.2 Å². The highest BCUT2D eigenvalue weighted by Gasteiger charge is 2.29. The highest BCUT2D eigenvalue weighted by Crippen LogP contribution is 2.39. The van der Waals surface area contributed by atoms with Gasteiger partial charge in [0, 0.05) is 6.04 Å². The number of aromatic nitrogens is 4. The molecule has 27 heavy (non-hydrogen) atoms. The lowest BCUT2D eigenvalue weighted by molar-refractivity contribution is 0.243. The second-order valence-electron chi connectivity index (χ2n) is 6.92. The summed E-state index contributed by atoms with van der Waals surface area (Å²) in [5, 5.41) is 8.07. The van der Waals surface area contributed by atoms with E-state index in [0.717, 1.165) is 27.7 Å². The first kappa shape index (κ1) is 17.2. The van der Waals surface area contributed by atoms with Crippen LogP contribution in [0, 0.1) is 4.77 Å². The fourth-order valence-electron chi connectivity index (χ4n) is 3.25.